The summed E-state index contributed by atoms with van der Waals surface area (Å²) in [6.07, 6.45) is 3.86. The highest BCUT2D eigenvalue weighted by molar-refractivity contribution is 7.22. The lowest BCUT2D eigenvalue weighted by Crippen LogP contribution is -2.34. The molecular formula is C19H19N5OS. The second-order valence-corrected chi connectivity index (χ2v) is 7.51. The van der Waals surface area contributed by atoms with Gasteiger partial charge in [-0.2, -0.15) is 4.98 Å². The Hall–Kier alpha value is -2.67. The van der Waals surface area contributed by atoms with Crippen LogP contribution < -0.4 is 9.64 Å². The largest absolute Gasteiger partial charge is 0.468 e. The third-order valence-corrected chi connectivity index (χ3v) is 6.08. The highest BCUT2D eigenvalue weighted by atomic mass is 32.1. The van der Waals surface area contributed by atoms with Crippen molar-refractivity contribution in [1.29, 1.82) is 0 Å². The molecule has 6 nitrogen and oxygen atoms in total. The van der Waals surface area contributed by atoms with Crippen LogP contribution in [0.4, 0.5) is 5.13 Å². The zero-order valence-electron chi connectivity index (χ0n) is 14.5. The lowest BCUT2D eigenvalue weighted by Gasteiger charge is -2.32. The Bertz CT molecular complexity index is 1030. The number of hydrogen-bond donors (Lipinski definition) is 0. The number of pyridine rings is 1. The van der Waals surface area contributed by atoms with Gasteiger partial charge in [0.15, 0.2) is 10.8 Å². The van der Waals surface area contributed by atoms with Gasteiger partial charge in [-0.05, 0) is 37.1 Å². The number of thiazole rings is 1. The molecule has 26 heavy (non-hydrogen) atoms. The summed E-state index contributed by atoms with van der Waals surface area (Å²) in [4.78, 5) is 16.3. The van der Waals surface area contributed by atoms with Crippen LogP contribution in [0.5, 0.6) is 6.01 Å². The first kappa shape index (κ1) is 15.6. The van der Waals surface area contributed by atoms with Gasteiger partial charge in [-0.15, -0.1) is 0 Å². The van der Waals surface area contributed by atoms with Crippen molar-refractivity contribution in [3.63, 3.8) is 0 Å². The summed E-state index contributed by atoms with van der Waals surface area (Å²) in [5.74, 6) is 0. The Morgan fingerprint density at radius 3 is 2.65 bits per heavy atom. The number of para-hydroxylation sites is 1. The molecule has 0 N–H and O–H groups in total. The molecule has 0 amide bonds. The van der Waals surface area contributed by atoms with Gasteiger partial charge in [0.2, 0.25) is 0 Å². The first-order valence-corrected chi connectivity index (χ1v) is 9.62. The average Bonchev–Trinajstić information content (AvgIpc) is 3.29. The maximum absolute atomic E-state index is 5.52. The number of rotatable bonds is 3. The van der Waals surface area contributed by atoms with Gasteiger partial charge in [-0.1, -0.05) is 23.5 Å². The Morgan fingerprint density at radius 2 is 1.85 bits per heavy atom. The van der Waals surface area contributed by atoms with E-state index in [0.717, 1.165) is 47.7 Å². The number of nitrogens with zero attached hydrogens (tertiary/aromatic N) is 5. The molecule has 0 atom stereocenters. The van der Waals surface area contributed by atoms with Crippen LogP contribution in [0, 0.1) is 0 Å². The molecule has 0 unspecified atom stereocenters. The van der Waals surface area contributed by atoms with Crippen LogP contribution in [0.15, 0.2) is 42.6 Å². The van der Waals surface area contributed by atoms with E-state index in [-0.39, 0.29) is 0 Å². The smallest absolute Gasteiger partial charge is 0.298 e. The maximum Gasteiger partial charge on any atom is 0.298 e. The molecule has 0 aliphatic carbocycles. The van der Waals surface area contributed by atoms with Crippen molar-refractivity contribution in [2.24, 2.45) is 0 Å². The molecule has 0 spiro atoms. The van der Waals surface area contributed by atoms with Gasteiger partial charge in [0, 0.05) is 25.3 Å². The van der Waals surface area contributed by atoms with Crippen molar-refractivity contribution in [1.82, 2.24) is 19.5 Å². The highest BCUT2D eigenvalue weighted by Crippen LogP contribution is 2.35. The summed E-state index contributed by atoms with van der Waals surface area (Å²) in [5, 5.41) is 1.12. The summed E-state index contributed by atoms with van der Waals surface area (Å²) in [5.41, 5.74) is 2.88. The molecule has 0 radical (unpaired) electrons. The van der Waals surface area contributed by atoms with Crippen molar-refractivity contribution in [3.8, 4) is 6.01 Å². The second kappa shape index (κ2) is 6.25. The molecule has 0 saturated carbocycles. The predicted molar refractivity (Wildman–Crippen MR) is 104 cm³/mol. The Balaban J connectivity index is 1.40. The number of ether oxygens (including phenoxy) is 1. The molecule has 1 fully saturated rings. The fraction of sp³-hybridized carbons (Fsp3) is 0.316. The molecule has 1 aliphatic rings. The standard InChI is InChI=1S/C19H19N5OS/c1-25-18-21-15-6-4-10-20-17(15)24(18)13-8-11-23(12-9-13)19-22-14-5-2-3-7-16(14)26-19/h2-7,10,13H,8-9,11-12H2,1H3. The number of benzene rings is 1. The van der Waals surface area contributed by atoms with E-state index in [4.69, 9.17) is 9.72 Å². The number of imidazole rings is 1. The first-order valence-electron chi connectivity index (χ1n) is 8.81. The molecule has 1 saturated heterocycles. The molecule has 1 aromatic carbocycles. The third kappa shape index (κ3) is 2.50. The van der Waals surface area contributed by atoms with Gasteiger partial charge < -0.3 is 9.64 Å². The van der Waals surface area contributed by atoms with Crippen molar-refractivity contribution in [2.45, 2.75) is 18.9 Å². The molecular weight excluding hydrogens is 346 g/mol. The highest BCUT2D eigenvalue weighted by Gasteiger charge is 2.26. The van der Waals surface area contributed by atoms with Crippen LogP contribution in [-0.2, 0) is 0 Å². The predicted octanol–water partition coefficient (Wildman–Crippen LogP) is 3.89. The van der Waals surface area contributed by atoms with Gasteiger partial charge in [-0.3, -0.25) is 4.57 Å². The Kier molecular flexibility index (Phi) is 3.74. The summed E-state index contributed by atoms with van der Waals surface area (Å²) in [6, 6.07) is 13.2. The van der Waals surface area contributed by atoms with E-state index in [1.165, 1.54) is 4.70 Å². The minimum atomic E-state index is 0.343. The normalized spacial score (nSPS) is 15.8. The van der Waals surface area contributed by atoms with Crippen molar-refractivity contribution in [2.75, 3.05) is 25.1 Å². The number of aromatic nitrogens is 4. The van der Waals surface area contributed by atoms with Crippen LogP contribution in [0.1, 0.15) is 18.9 Å². The molecule has 4 heterocycles. The van der Waals surface area contributed by atoms with E-state index in [1.807, 2.05) is 24.4 Å². The molecule has 4 aromatic rings. The molecule has 0 bridgehead atoms. The number of anilines is 1. The van der Waals surface area contributed by atoms with Gasteiger partial charge in [0.05, 0.1) is 17.3 Å². The number of fused-ring (bicyclic) bond motifs is 2. The van der Waals surface area contributed by atoms with Crippen LogP contribution in [0.2, 0.25) is 0 Å². The summed E-state index contributed by atoms with van der Waals surface area (Å²) >= 11 is 1.77. The van der Waals surface area contributed by atoms with Gasteiger partial charge in [0.1, 0.15) is 5.52 Å². The van der Waals surface area contributed by atoms with Crippen LogP contribution in [0.25, 0.3) is 21.4 Å². The quantitative estimate of drug-likeness (QED) is 0.551. The first-order chi connectivity index (χ1) is 12.8. The fourth-order valence-corrected chi connectivity index (χ4v) is 4.71. The second-order valence-electron chi connectivity index (χ2n) is 6.50. The summed E-state index contributed by atoms with van der Waals surface area (Å²) in [7, 11) is 1.67. The van der Waals surface area contributed by atoms with Crippen LogP contribution in [0.3, 0.4) is 0 Å². The monoisotopic (exact) mass is 365 g/mol. The topological polar surface area (TPSA) is 56.1 Å². The van der Waals surface area contributed by atoms with Crippen molar-refractivity contribution >= 4 is 37.8 Å². The minimum Gasteiger partial charge on any atom is -0.468 e. The molecule has 132 valence electrons. The van der Waals surface area contributed by atoms with Crippen molar-refractivity contribution < 1.29 is 4.74 Å². The summed E-state index contributed by atoms with van der Waals surface area (Å²) < 4.78 is 8.93. The van der Waals surface area contributed by atoms with E-state index in [9.17, 15) is 0 Å². The maximum atomic E-state index is 5.52. The molecule has 1 aliphatic heterocycles. The average molecular weight is 365 g/mol. The van der Waals surface area contributed by atoms with E-state index in [0.29, 0.717) is 12.1 Å². The SMILES string of the molecule is COc1nc2cccnc2n1C1CCN(c2nc3ccccc3s2)CC1. The molecule has 5 rings (SSSR count). The van der Waals surface area contributed by atoms with Crippen molar-refractivity contribution in [3.05, 3.63) is 42.6 Å². The zero-order chi connectivity index (χ0) is 17.5. The van der Waals surface area contributed by atoms with E-state index in [2.05, 4.69) is 37.6 Å². The van der Waals surface area contributed by atoms with Crippen LogP contribution >= 0.6 is 11.3 Å². The third-order valence-electron chi connectivity index (χ3n) is 4.98. The van der Waals surface area contributed by atoms with E-state index in [1.54, 1.807) is 18.4 Å². The molecule has 3 aromatic heterocycles. The zero-order valence-corrected chi connectivity index (χ0v) is 15.3. The lowest BCUT2D eigenvalue weighted by atomic mass is 10.1. The Morgan fingerprint density at radius 1 is 1.04 bits per heavy atom. The number of methoxy groups -OCH3 is 1. The number of piperidine rings is 1. The molecule has 7 heteroatoms. The van der Waals surface area contributed by atoms with Gasteiger partial charge >= 0.3 is 0 Å². The minimum absolute atomic E-state index is 0.343. The van der Waals surface area contributed by atoms with Gasteiger partial charge in [-0.25, -0.2) is 9.97 Å². The lowest BCUT2D eigenvalue weighted by molar-refractivity contribution is 0.315. The number of hydrogen-bond acceptors (Lipinski definition) is 6. The van der Waals surface area contributed by atoms with E-state index < -0.39 is 0 Å². The fourth-order valence-electron chi connectivity index (χ4n) is 3.69. The van der Waals surface area contributed by atoms with Gasteiger partial charge in [0.25, 0.3) is 6.01 Å². The Labute approximate surface area is 155 Å². The van der Waals surface area contributed by atoms with Crippen LogP contribution in [-0.4, -0.2) is 39.7 Å². The summed E-state index contributed by atoms with van der Waals surface area (Å²) in [6.45, 7) is 1.94. The van der Waals surface area contributed by atoms with E-state index >= 15 is 0 Å².